The first kappa shape index (κ1) is 11.6. The van der Waals surface area contributed by atoms with E-state index in [-0.39, 0.29) is 5.69 Å². The Morgan fingerprint density at radius 2 is 2.27 bits per heavy atom. The van der Waals surface area contributed by atoms with Crippen molar-refractivity contribution in [3.05, 3.63) is 39.4 Å². The van der Waals surface area contributed by atoms with E-state index in [0.29, 0.717) is 12.1 Å². The minimum absolute atomic E-state index is 0.0372. The Kier molecular flexibility index (Phi) is 3.76. The van der Waals surface area contributed by atoms with E-state index in [9.17, 15) is 15.2 Å². The van der Waals surface area contributed by atoms with Gasteiger partial charge in [0.1, 0.15) is 0 Å². The highest BCUT2D eigenvalue weighted by molar-refractivity contribution is 5.44. The smallest absolute Gasteiger partial charge is 0.275 e. The number of nitrogens with one attached hydrogen (secondary N) is 1. The van der Waals surface area contributed by atoms with E-state index in [0.717, 1.165) is 5.56 Å². The predicted octanol–water partition coefficient (Wildman–Crippen LogP) is 1.37. The molecular weight excluding hydrogens is 196 g/mol. The van der Waals surface area contributed by atoms with Crippen LogP contribution in [-0.2, 0) is 6.54 Å². The molecule has 1 rings (SSSR count). The molecule has 0 aliphatic rings. The normalized spacial score (nSPS) is 12.5. The van der Waals surface area contributed by atoms with Crippen LogP contribution in [0.2, 0.25) is 0 Å². The van der Waals surface area contributed by atoms with Crippen LogP contribution in [0.15, 0.2) is 18.2 Å². The quantitative estimate of drug-likeness (QED) is 0.581. The zero-order chi connectivity index (χ0) is 11.4. The van der Waals surface area contributed by atoms with E-state index in [1.54, 1.807) is 19.2 Å². The standard InChI is InChI=1S/C10H14N2O3/c1-7(13)9-5-8(6-11-2)3-4-10(9)12(14)15/h3-5,7,11,13H,6H2,1-2H3. The Bertz CT molecular complexity index is 364. The Morgan fingerprint density at radius 3 is 2.73 bits per heavy atom. The molecule has 0 bridgehead atoms. The third kappa shape index (κ3) is 2.74. The number of rotatable bonds is 4. The maximum atomic E-state index is 10.7. The third-order valence-corrected chi connectivity index (χ3v) is 2.12. The highest BCUT2D eigenvalue weighted by Gasteiger charge is 2.17. The van der Waals surface area contributed by atoms with Crippen molar-refractivity contribution in [3.63, 3.8) is 0 Å². The van der Waals surface area contributed by atoms with Crippen LogP contribution in [0.25, 0.3) is 0 Å². The van der Waals surface area contributed by atoms with Crippen LogP contribution in [0.1, 0.15) is 24.2 Å². The van der Waals surface area contributed by atoms with Gasteiger partial charge in [0.2, 0.25) is 0 Å². The van der Waals surface area contributed by atoms with E-state index in [1.807, 2.05) is 0 Å². The fourth-order valence-corrected chi connectivity index (χ4v) is 1.42. The topological polar surface area (TPSA) is 75.4 Å². The van der Waals surface area contributed by atoms with Gasteiger partial charge in [0.05, 0.1) is 16.6 Å². The summed E-state index contributed by atoms with van der Waals surface area (Å²) in [5.41, 5.74) is 1.23. The molecule has 0 radical (unpaired) electrons. The summed E-state index contributed by atoms with van der Waals surface area (Å²) in [6.45, 7) is 2.14. The molecule has 0 amide bonds. The average molecular weight is 210 g/mol. The molecular formula is C10H14N2O3. The van der Waals surface area contributed by atoms with Crippen molar-refractivity contribution in [1.29, 1.82) is 0 Å². The SMILES string of the molecule is CNCc1ccc([N+](=O)[O-])c(C(C)O)c1. The first-order valence-corrected chi connectivity index (χ1v) is 4.66. The molecule has 1 atom stereocenters. The van der Waals surface area contributed by atoms with Crippen molar-refractivity contribution < 1.29 is 10.0 Å². The van der Waals surface area contributed by atoms with Crippen molar-refractivity contribution in [3.8, 4) is 0 Å². The van der Waals surface area contributed by atoms with Crippen molar-refractivity contribution in [2.24, 2.45) is 0 Å². The molecule has 82 valence electrons. The number of hydrogen-bond acceptors (Lipinski definition) is 4. The van der Waals surface area contributed by atoms with Crippen LogP contribution in [0.5, 0.6) is 0 Å². The number of hydrogen-bond donors (Lipinski definition) is 2. The maximum absolute atomic E-state index is 10.7. The monoisotopic (exact) mass is 210 g/mol. The molecule has 0 heterocycles. The molecule has 0 spiro atoms. The lowest BCUT2D eigenvalue weighted by Crippen LogP contribution is -2.07. The van der Waals surface area contributed by atoms with Crippen LogP contribution in [0, 0.1) is 10.1 Å². The molecule has 5 heteroatoms. The van der Waals surface area contributed by atoms with Crippen molar-refractivity contribution in [1.82, 2.24) is 5.32 Å². The summed E-state index contributed by atoms with van der Waals surface area (Å²) < 4.78 is 0. The van der Waals surface area contributed by atoms with Crippen LogP contribution in [0.3, 0.4) is 0 Å². The number of aliphatic hydroxyl groups is 1. The Hall–Kier alpha value is -1.46. The predicted molar refractivity (Wildman–Crippen MR) is 56.5 cm³/mol. The first-order chi connectivity index (χ1) is 7.06. The zero-order valence-corrected chi connectivity index (χ0v) is 8.73. The molecule has 15 heavy (non-hydrogen) atoms. The number of nitrogens with zero attached hydrogens (tertiary/aromatic N) is 1. The van der Waals surface area contributed by atoms with E-state index < -0.39 is 11.0 Å². The summed E-state index contributed by atoms with van der Waals surface area (Å²) in [5, 5.41) is 23.0. The Labute approximate surface area is 87.9 Å². The molecule has 2 N–H and O–H groups in total. The van der Waals surface area contributed by atoms with Gasteiger partial charge in [0, 0.05) is 12.6 Å². The summed E-state index contributed by atoms with van der Waals surface area (Å²) in [7, 11) is 1.80. The van der Waals surface area contributed by atoms with Crippen LogP contribution < -0.4 is 5.32 Å². The number of nitro groups is 1. The number of nitro benzene ring substituents is 1. The largest absolute Gasteiger partial charge is 0.388 e. The lowest BCUT2D eigenvalue weighted by molar-refractivity contribution is -0.386. The molecule has 1 aromatic rings. The van der Waals surface area contributed by atoms with Crippen molar-refractivity contribution >= 4 is 5.69 Å². The molecule has 1 aromatic carbocycles. The van der Waals surface area contributed by atoms with Gasteiger partial charge in [0.15, 0.2) is 0 Å². The van der Waals surface area contributed by atoms with Gasteiger partial charge in [-0.15, -0.1) is 0 Å². The fourth-order valence-electron chi connectivity index (χ4n) is 1.42. The fraction of sp³-hybridized carbons (Fsp3) is 0.400. The van der Waals surface area contributed by atoms with Gasteiger partial charge in [-0.05, 0) is 25.6 Å². The molecule has 0 aliphatic heterocycles. The van der Waals surface area contributed by atoms with Crippen molar-refractivity contribution in [2.75, 3.05) is 7.05 Å². The van der Waals surface area contributed by atoms with Crippen LogP contribution in [0.4, 0.5) is 5.69 Å². The second kappa shape index (κ2) is 4.86. The molecule has 0 saturated heterocycles. The number of aliphatic hydroxyl groups excluding tert-OH is 1. The van der Waals surface area contributed by atoms with Gasteiger partial charge in [-0.2, -0.15) is 0 Å². The lowest BCUT2D eigenvalue weighted by atomic mass is 10.0. The second-order valence-corrected chi connectivity index (χ2v) is 3.36. The van der Waals surface area contributed by atoms with Gasteiger partial charge in [-0.1, -0.05) is 6.07 Å². The molecule has 0 fully saturated rings. The second-order valence-electron chi connectivity index (χ2n) is 3.36. The lowest BCUT2D eigenvalue weighted by Gasteiger charge is -2.08. The van der Waals surface area contributed by atoms with Gasteiger partial charge >= 0.3 is 0 Å². The van der Waals surface area contributed by atoms with E-state index in [2.05, 4.69) is 5.32 Å². The van der Waals surface area contributed by atoms with Gasteiger partial charge in [-0.3, -0.25) is 10.1 Å². The molecule has 0 saturated carbocycles. The minimum atomic E-state index is -0.831. The minimum Gasteiger partial charge on any atom is -0.388 e. The molecule has 5 nitrogen and oxygen atoms in total. The van der Waals surface area contributed by atoms with E-state index in [4.69, 9.17) is 0 Å². The molecule has 0 aromatic heterocycles. The summed E-state index contributed by atoms with van der Waals surface area (Å²) in [6.07, 6.45) is -0.831. The van der Waals surface area contributed by atoms with Gasteiger partial charge < -0.3 is 10.4 Å². The van der Waals surface area contributed by atoms with Gasteiger partial charge in [0.25, 0.3) is 5.69 Å². The average Bonchev–Trinajstić information content (AvgIpc) is 2.17. The first-order valence-electron chi connectivity index (χ1n) is 4.66. The zero-order valence-electron chi connectivity index (χ0n) is 8.73. The highest BCUT2D eigenvalue weighted by atomic mass is 16.6. The Balaban J connectivity index is 3.15. The summed E-state index contributed by atoms with van der Waals surface area (Å²) >= 11 is 0. The number of benzene rings is 1. The summed E-state index contributed by atoms with van der Waals surface area (Å²) in [6, 6.07) is 4.76. The van der Waals surface area contributed by atoms with Crippen LogP contribution in [-0.4, -0.2) is 17.1 Å². The molecule has 0 aliphatic carbocycles. The maximum Gasteiger partial charge on any atom is 0.275 e. The van der Waals surface area contributed by atoms with E-state index in [1.165, 1.54) is 13.0 Å². The van der Waals surface area contributed by atoms with Gasteiger partial charge in [-0.25, -0.2) is 0 Å². The highest BCUT2D eigenvalue weighted by Crippen LogP contribution is 2.25. The summed E-state index contributed by atoms with van der Waals surface area (Å²) in [4.78, 5) is 10.2. The Morgan fingerprint density at radius 1 is 1.60 bits per heavy atom. The van der Waals surface area contributed by atoms with Crippen LogP contribution >= 0.6 is 0 Å². The summed E-state index contributed by atoms with van der Waals surface area (Å²) in [5.74, 6) is 0. The van der Waals surface area contributed by atoms with E-state index >= 15 is 0 Å². The third-order valence-electron chi connectivity index (χ3n) is 2.12. The van der Waals surface area contributed by atoms with Crippen molar-refractivity contribution in [2.45, 2.75) is 19.6 Å². The molecule has 1 unspecified atom stereocenters.